The van der Waals surface area contributed by atoms with Crippen LogP contribution in [0.4, 0.5) is 5.69 Å². The van der Waals surface area contributed by atoms with E-state index in [0.717, 1.165) is 5.69 Å². The van der Waals surface area contributed by atoms with E-state index in [1.54, 1.807) is 20.9 Å². The number of rotatable bonds is 5. The summed E-state index contributed by atoms with van der Waals surface area (Å²) < 4.78 is 0. The van der Waals surface area contributed by atoms with Crippen LogP contribution in [-0.2, 0) is 9.59 Å². The van der Waals surface area contributed by atoms with Crippen LogP contribution in [0.25, 0.3) is 0 Å². The van der Waals surface area contributed by atoms with Gasteiger partial charge in [0.05, 0.1) is 0 Å². The third-order valence-electron chi connectivity index (χ3n) is 2.94. The summed E-state index contributed by atoms with van der Waals surface area (Å²) in [5, 5.41) is 10.9. The molecule has 0 aromatic heterocycles. The summed E-state index contributed by atoms with van der Waals surface area (Å²) in [7, 11) is 1.80. The van der Waals surface area contributed by atoms with Gasteiger partial charge in [-0.2, -0.15) is 0 Å². The summed E-state index contributed by atoms with van der Waals surface area (Å²) in [6.45, 7) is 3.12. The lowest BCUT2D eigenvalue weighted by Crippen LogP contribution is -2.54. The van der Waals surface area contributed by atoms with Crippen LogP contribution in [0.2, 0.25) is 0 Å². The van der Waals surface area contributed by atoms with Crippen molar-refractivity contribution in [1.82, 2.24) is 5.32 Å². The number of benzene rings is 1. The van der Waals surface area contributed by atoms with Crippen LogP contribution < -0.4 is 10.2 Å². The molecule has 1 aromatic carbocycles. The van der Waals surface area contributed by atoms with Crippen LogP contribution >= 0.6 is 0 Å². The number of hydrogen-bond acceptors (Lipinski definition) is 3. The molecular formula is C13H18N2O3. The minimum Gasteiger partial charge on any atom is -0.480 e. The van der Waals surface area contributed by atoms with E-state index >= 15 is 0 Å². The second kappa shape index (κ2) is 5.53. The lowest BCUT2D eigenvalue weighted by atomic mass is 10.0. The quantitative estimate of drug-likeness (QED) is 0.821. The number of carboxylic acid groups (broad SMARTS) is 1. The summed E-state index contributed by atoms with van der Waals surface area (Å²) >= 11 is 0. The predicted molar refractivity (Wildman–Crippen MR) is 69.6 cm³/mol. The molecule has 0 aliphatic rings. The number of nitrogens with one attached hydrogen (secondary N) is 1. The standard InChI is InChI=1S/C13H18N2O3/c1-13(2,12(18)14-9-11(16)17)15(3)10-7-5-4-6-8-10/h4-8H,9H2,1-3H3,(H,14,18)(H,16,17). The molecule has 0 aliphatic carbocycles. The first-order valence-corrected chi connectivity index (χ1v) is 5.64. The first-order chi connectivity index (χ1) is 8.35. The maximum Gasteiger partial charge on any atom is 0.322 e. The highest BCUT2D eigenvalue weighted by Crippen LogP contribution is 2.21. The zero-order valence-electron chi connectivity index (χ0n) is 10.8. The Bertz CT molecular complexity index is 429. The number of carbonyl (C=O) groups excluding carboxylic acids is 1. The molecule has 0 spiro atoms. The molecule has 0 heterocycles. The lowest BCUT2D eigenvalue weighted by Gasteiger charge is -2.35. The van der Waals surface area contributed by atoms with Gasteiger partial charge in [-0.1, -0.05) is 18.2 Å². The molecule has 0 radical (unpaired) electrons. The molecule has 18 heavy (non-hydrogen) atoms. The molecule has 1 aromatic rings. The smallest absolute Gasteiger partial charge is 0.322 e. The first kappa shape index (κ1) is 14.0. The highest BCUT2D eigenvalue weighted by molar-refractivity contribution is 5.91. The van der Waals surface area contributed by atoms with Gasteiger partial charge >= 0.3 is 5.97 Å². The van der Waals surface area contributed by atoms with Crippen LogP contribution in [0.15, 0.2) is 30.3 Å². The van der Waals surface area contributed by atoms with Gasteiger partial charge in [0.15, 0.2) is 0 Å². The number of anilines is 1. The highest BCUT2D eigenvalue weighted by Gasteiger charge is 2.32. The van der Waals surface area contributed by atoms with Gasteiger partial charge < -0.3 is 15.3 Å². The molecule has 5 heteroatoms. The summed E-state index contributed by atoms with van der Waals surface area (Å²) in [6, 6.07) is 9.46. The third kappa shape index (κ3) is 3.23. The van der Waals surface area contributed by atoms with Crippen LogP contribution in [0.5, 0.6) is 0 Å². The predicted octanol–water partition coefficient (Wildman–Crippen LogP) is 1.10. The fourth-order valence-corrected chi connectivity index (χ4v) is 1.50. The van der Waals surface area contributed by atoms with Gasteiger partial charge in [0.1, 0.15) is 12.1 Å². The van der Waals surface area contributed by atoms with E-state index in [1.807, 2.05) is 35.2 Å². The minimum atomic E-state index is -1.05. The van der Waals surface area contributed by atoms with Gasteiger partial charge in [0, 0.05) is 12.7 Å². The van der Waals surface area contributed by atoms with Crippen molar-refractivity contribution in [2.45, 2.75) is 19.4 Å². The minimum absolute atomic E-state index is 0.323. The molecule has 1 rings (SSSR count). The molecular weight excluding hydrogens is 232 g/mol. The number of likely N-dealkylation sites (N-methyl/N-ethyl adjacent to an activating group) is 1. The van der Waals surface area contributed by atoms with E-state index in [9.17, 15) is 9.59 Å². The summed E-state index contributed by atoms with van der Waals surface area (Å²) in [5.41, 5.74) is 0.0737. The van der Waals surface area contributed by atoms with Crippen molar-refractivity contribution >= 4 is 17.6 Å². The molecule has 0 unspecified atom stereocenters. The average molecular weight is 250 g/mol. The molecule has 5 nitrogen and oxygen atoms in total. The van der Waals surface area contributed by atoms with E-state index in [0.29, 0.717) is 0 Å². The molecule has 0 saturated carbocycles. The largest absolute Gasteiger partial charge is 0.480 e. The summed E-state index contributed by atoms with van der Waals surface area (Å²) in [4.78, 5) is 24.2. The molecule has 0 aliphatic heterocycles. The van der Waals surface area contributed by atoms with Crippen LogP contribution in [-0.4, -0.2) is 36.1 Å². The van der Waals surface area contributed by atoms with Crippen molar-refractivity contribution < 1.29 is 14.7 Å². The first-order valence-electron chi connectivity index (χ1n) is 5.64. The lowest BCUT2D eigenvalue weighted by molar-refractivity contribution is -0.138. The Balaban J connectivity index is 2.79. The van der Waals surface area contributed by atoms with Gasteiger partial charge in [0.25, 0.3) is 0 Å². The number of para-hydroxylation sites is 1. The van der Waals surface area contributed by atoms with Gasteiger partial charge in [0.2, 0.25) is 5.91 Å². The number of nitrogens with zero attached hydrogens (tertiary/aromatic N) is 1. The Hall–Kier alpha value is -2.04. The van der Waals surface area contributed by atoms with E-state index in [4.69, 9.17) is 5.11 Å². The normalized spacial score (nSPS) is 10.8. The van der Waals surface area contributed by atoms with Gasteiger partial charge in [-0.15, -0.1) is 0 Å². The topological polar surface area (TPSA) is 69.6 Å². The summed E-state index contributed by atoms with van der Waals surface area (Å²) in [6.07, 6.45) is 0. The van der Waals surface area contributed by atoms with Crippen molar-refractivity contribution in [3.63, 3.8) is 0 Å². The van der Waals surface area contributed by atoms with Crippen molar-refractivity contribution in [1.29, 1.82) is 0 Å². The maximum atomic E-state index is 12.0. The van der Waals surface area contributed by atoms with Gasteiger partial charge in [-0.3, -0.25) is 9.59 Å². The zero-order valence-corrected chi connectivity index (χ0v) is 10.8. The molecule has 0 fully saturated rings. The zero-order chi connectivity index (χ0) is 13.8. The number of aliphatic carboxylic acids is 1. The van der Waals surface area contributed by atoms with Gasteiger partial charge in [-0.25, -0.2) is 0 Å². The highest BCUT2D eigenvalue weighted by atomic mass is 16.4. The van der Waals surface area contributed by atoms with Crippen molar-refractivity contribution in [3.8, 4) is 0 Å². The molecule has 0 atom stereocenters. The SMILES string of the molecule is CN(c1ccccc1)C(C)(C)C(=O)NCC(=O)O. The van der Waals surface area contributed by atoms with Crippen LogP contribution in [0.3, 0.4) is 0 Å². The molecule has 98 valence electrons. The summed E-state index contributed by atoms with van der Waals surface area (Å²) in [5.74, 6) is -1.38. The van der Waals surface area contributed by atoms with Crippen molar-refractivity contribution in [2.75, 3.05) is 18.5 Å². The molecule has 2 N–H and O–H groups in total. The Morgan fingerprint density at radius 1 is 1.28 bits per heavy atom. The van der Waals surface area contributed by atoms with Crippen LogP contribution in [0, 0.1) is 0 Å². The third-order valence-corrected chi connectivity index (χ3v) is 2.94. The number of carboxylic acids is 1. The Labute approximate surface area is 106 Å². The van der Waals surface area contributed by atoms with Crippen LogP contribution in [0.1, 0.15) is 13.8 Å². The molecule has 0 bridgehead atoms. The molecule has 0 saturated heterocycles. The van der Waals surface area contributed by atoms with E-state index < -0.39 is 11.5 Å². The van der Waals surface area contributed by atoms with Crippen molar-refractivity contribution in [2.24, 2.45) is 0 Å². The monoisotopic (exact) mass is 250 g/mol. The number of hydrogen-bond donors (Lipinski definition) is 2. The maximum absolute atomic E-state index is 12.0. The second-order valence-corrected chi connectivity index (χ2v) is 4.53. The number of carbonyl (C=O) groups is 2. The average Bonchev–Trinajstić information content (AvgIpc) is 2.35. The fraction of sp³-hybridized carbons (Fsp3) is 0.385. The van der Waals surface area contributed by atoms with Gasteiger partial charge in [-0.05, 0) is 26.0 Å². The Kier molecular flexibility index (Phi) is 4.31. The van der Waals surface area contributed by atoms with E-state index in [2.05, 4.69) is 5.32 Å². The van der Waals surface area contributed by atoms with Crippen molar-refractivity contribution in [3.05, 3.63) is 30.3 Å². The molecule has 1 amide bonds. The fourth-order valence-electron chi connectivity index (χ4n) is 1.50. The van der Waals surface area contributed by atoms with E-state index in [-0.39, 0.29) is 12.5 Å². The van der Waals surface area contributed by atoms with E-state index in [1.165, 1.54) is 0 Å². The Morgan fingerprint density at radius 2 is 1.83 bits per heavy atom. The Morgan fingerprint density at radius 3 is 2.33 bits per heavy atom. The second-order valence-electron chi connectivity index (χ2n) is 4.53. The number of amides is 1.